The predicted octanol–water partition coefficient (Wildman–Crippen LogP) is 1.37. The van der Waals surface area contributed by atoms with Crippen LogP contribution in [0, 0.1) is 0 Å². The maximum atomic E-state index is 12.9. The van der Waals surface area contributed by atoms with Gasteiger partial charge in [-0.2, -0.15) is 8.42 Å². The molecule has 0 aliphatic carbocycles. The van der Waals surface area contributed by atoms with Crippen molar-refractivity contribution in [2.24, 2.45) is 7.05 Å². The lowest BCUT2D eigenvalue weighted by Crippen LogP contribution is -2.51. The van der Waals surface area contributed by atoms with Gasteiger partial charge in [0.25, 0.3) is 10.0 Å². The number of para-hydroxylation sites is 2. The van der Waals surface area contributed by atoms with Gasteiger partial charge in [-0.3, -0.25) is 9.10 Å². The molecule has 1 aliphatic rings. The number of hydrogen-bond donors (Lipinski definition) is 0. The summed E-state index contributed by atoms with van der Waals surface area (Å²) < 4.78 is 28.8. The standard InChI is InChI=1S/C15H18N4O3S/c1-11-8-18(23(21,22)15-9-17(3)10-16-15)13-6-4-5-7-14(13)19(11)12(2)20/h4-7,9-11H,8H2,1-3H3/t11-/m0/s1. The van der Waals surface area contributed by atoms with Crippen molar-refractivity contribution in [2.75, 3.05) is 15.7 Å². The summed E-state index contributed by atoms with van der Waals surface area (Å²) in [5, 5.41) is -0.00159. The van der Waals surface area contributed by atoms with E-state index < -0.39 is 10.0 Å². The summed E-state index contributed by atoms with van der Waals surface area (Å²) >= 11 is 0. The Balaban J connectivity index is 2.14. The van der Waals surface area contributed by atoms with Crippen LogP contribution in [0.2, 0.25) is 0 Å². The topological polar surface area (TPSA) is 75.5 Å². The van der Waals surface area contributed by atoms with Crippen LogP contribution in [0.5, 0.6) is 0 Å². The molecule has 2 heterocycles. The molecule has 1 aromatic heterocycles. The number of carbonyl (C=O) groups excluding carboxylic acids is 1. The average Bonchev–Trinajstić information content (AvgIpc) is 2.93. The van der Waals surface area contributed by atoms with E-state index in [1.54, 1.807) is 40.8 Å². The first-order valence-corrected chi connectivity index (χ1v) is 8.66. The molecule has 0 saturated carbocycles. The highest BCUT2D eigenvalue weighted by Crippen LogP contribution is 2.38. The zero-order chi connectivity index (χ0) is 16.8. The van der Waals surface area contributed by atoms with Gasteiger partial charge in [-0.05, 0) is 19.1 Å². The molecule has 0 bridgehead atoms. The Labute approximate surface area is 135 Å². The number of imidazole rings is 1. The minimum atomic E-state index is -3.77. The van der Waals surface area contributed by atoms with Gasteiger partial charge in [0.15, 0.2) is 5.03 Å². The average molecular weight is 334 g/mol. The van der Waals surface area contributed by atoms with Crippen LogP contribution in [0.1, 0.15) is 13.8 Å². The first-order chi connectivity index (χ1) is 10.8. The molecule has 3 rings (SSSR count). The fourth-order valence-electron chi connectivity index (χ4n) is 2.88. The Morgan fingerprint density at radius 2 is 1.91 bits per heavy atom. The molecule has 1 aromatic carbocycles. The van der Waals surface area contributed by atoms with Gasteiger partial charge in [-0.25, -0.2) is 4.98 Å². The fourth-order valence-corrected chi connectivity index (χ4v) is 4.41. The van der Waals surface area contributed by atoms with E-state index in [1.807, 2.05) is 6.92 Å². The van der Waals surface area contributed by atoms with Crippen molar-refractivity contribution >= 4 is 27.3 Å². The number of nitrogens with zero attached hydrogens (tertiary/aromatic N) is 4. The summed E-state index contributed by atoms with van der Waals surface area (Å²) in [5.74, 6) is -0.111. The van der Waals surface area contributed by atoms with Gasteiger partial charge in [0.1, 0.15) is 0 Å². The molecule has 0 spiro atoms. The molecule has 2 aromatic rings. The van der Waals surface area contributed by atoms with Gasteiger partial charge < -0.3 is 9.47 Å². The van der Waals surface area contributed by atoms with E-state index in [4.69, 9.17) is 0 Å². The summed E-state index contributed by atoms with van der Waals surface area (Å²) in [7, 11) is -2.05. The Morgan fingerprint density at radius 3 is 2.48 bits per heavy atom. The van der Waals surface area contributed by atoms with Crippen LogP contribution in [0.3, 0.4) is 0 Å². The van der Waals surface area contributed by atoms with Crippen molar-refractivity contribution in [3.63, 3.8) is 0 Å². The summed E-state index contributed by atoms with van der Waals surface area (Å²) in [5.41, 5.74) is 1.09. The van der Waals surface area contributed by atoms with E-state index in [-0.39, 0.29) is 23.5 Å². The third kappa shape index (κ3) is 2.48. The third-order valence-electron chi connectivity index (χ3n) is 3.86. The minimum Gasteiger partial charge on any atom is -0.339 e. The van der Waals surface area contributed by atoms with Gasteiger partial charge in [-0.1, -0.05) is 12.1 Å². The number of carbonyl (C=O) groups is 1. The molecule has 7 nitrogen and oxygen atoms in total. The molecule has 1 aliphatic heterocycles. The number of hydrogen-bond acceptors (Lipinski definition) is 4. The molecule has 8 heteroatoms. The van der Waals surface area contributed by atoms with Gasteiger partial charge >= 0.3 is 0 Å². The van der Waals surface area contributed by atoms with Crippen LogP contribution in [0.25, 0.3) is 0 Å². The van der Waals surface area contributed by atoms with Crippen molar-refractivity contribution in [1.29, 1.82) is 0 Å². The molecule has 122 valence electrons. The second kappa shape index (κ2) is 5.38. The minimum absolute atomic E-state index is 0.00159. The van der Waals surface area contributed by atoms with Crippen LogP contribution in [-0.4, -0.2) is 36.5 Å². The molecule has 23 heavy (non-hydrogen) atoms. The summed E-state index contributed by atoms with van der Waals surface area (Å²) in [6.45, 7) is 3.50. The number of anilines is 2. The normalized spacial score (nSPS) is 18.0. The van der Waals surface area contributed by atoms with E-state index in [0.29, 0.717) is 11.4 Å². The van der Waals surface area contributed by atoms with Crippen molar-refractivity contribution in [2.45, 2.75) is 24.9 Å². The maximum absolute atomic E-state index is 12.9. The maximum Gasteiger partial charge on any atom is 0.283 e. The first kappa shape index (κ1) is 15.5. The lowest BCUT2D eigenvalue weighted by Gasteiger charge is -2.40. The number of rotatable bonds is 2. The molecule has 0 saturated heterocycles. The highest BCUT2D eigenvalue weighted by Gasteiger charge is 2.37. The van der Waals surface area contributed by atoms with E-state index in [2.05, 4.69) is 4.98 Å². The summed E-state index contributed by atoms with van der Waals surface area (Å²) in [4.78, 5) is 17.5. The lowest BCUT2D eigenvalue weighted by molar-refractivity contribution is -0.117. The van der Waals surface area contributed by atoms with Gasteiger partial charge in [0.05, 0.1) is 30.3 Å². The van der Waals surface area contributed by atoms with E-state index >= 15 is 0 Å². The summed E-state index contributed by atoms with van der Waals surface area (Å²) in [6.07, 6.45) is 2.92. The molecule has 1 amide bonds. The number of benzene rings is 1. The van der Waals surface area contributed by atoms with Crippen LogP contribution < -0.4 is 9.21 Å². The Kier molecular flexibility index (Phi) is 3.63. The Morgan fingerprint density at radius 1 is 1.26 bits per heavy atom. The van der Waals surface area contributed by atoms with Crippen molar-refractivity contribution in [1.82, 2.24) is 9.55 Å². The van der Waals surface area contributed by atoms with Crippen molar-refractivity contribution in [3.8, 4) is 0 Å². The molecular weight excluding hydrogens is 316 g/mol. The first-order valence-electron chi connectivity index (χ1n) is 7.22. The number of aromatic nitrogens is 2. The third-order valence-corrected chi connectivity index (χ3v) is 5.52. The quantitative estimate of drug-likeness (QED) is 0.831. The van der Waals surface area contributed by atoms with E-state index in [0.717, 1.165) is 0 Å². The molecule has 0 unspecified atom stereocenters. The molecule has 0 radical (unpaired) electrons. The highest BCUT2D eigenvalue weighted by molar-refractivity contribution is 7.92. The van der Waals surface area contributed by atoms with Crippen LogP contribution in [0.15, 0.2) is 41.8 Å². The molecule has 1 atom stereocenters. The molecular formula is C15H18N4O3S. The van der Waals surface area contributed by atoms with Gasteiger partial charge in [-0.15, -0.1) is 0 Å². The lowest BCUT2D eigenvalue weighted by atomic mass is 10.1. The number of fused-ring (bicyclic) bond motifs is 1. The van der Waals surface area contributed by atoms with E-state index in [1.165, 1.54) is 23.8 Å². The van der Waals surface area contributed by atoms with Crippen molar-refractivity contribution < 1.29 is 13.2 Å². The second-order valence-electron chi connectivity index (χ2n) is 5.64. The highest BCUT2D eigenvalue weighted by atomic mass is 32.2. The van der Waals surface area contributed by atoms with Crippen LogP contribution in [0.4, 0.5) is 11.4 Å². The summed E-state index contributed by atoms with van der Waals surface area (Å²) in [6, 6.07) is 6.75. The van der Waals surface area contributed by atoms with Crippen LogP contribution >= 0.6 is 0 Å². The Bertz CT molecular complexity index is 859. The molecule has 0 N–H and O–H groups in total. The monoisotopic (exact) mass is 334 g/mol. The molecule has 0 fully saturated rings. The SMILES string of the molecule is CC(=O)N1c2ccccc2N(S(=O)(=O)c2cn(C)cn2)C[C@@H]1C. The van der Waals surface area contributed by atoms with Crippen molar-refractivity contribution in [3.05, 3.63) is 36.8 Å². The number of aryl methyl sites for hydroxylation is 1. The zero-order valence-corrected chi connectivity index (χ0v) is 14.0. The second-order valence-corrected chi connectivity index (χ2v) is 7.45. The predicted molar refractivity (Wildman–Crippen MR) is 86.8 cm³/mol. The number of amides is 1. The number of sulfonamides is 1. The fraction of sp³-hybridized carbons (Fsp3) is 0.333. The zero-order valence-electron chi connectivity index (χ0n) is 13.2. The van der Waals surface area contributed by atoms with Crippen LogP contribution in [-0.2, 0) is 21.9 Å². The Hall–Kier alpha value is -2.35. The van der Waals surface area contributed by atoms with Gasteiger partial charge in [0.2, 0.25) is 5.91 Å². The largest absolute Gasteiger partial charge is 0.339 e. The van der Waals surface area contributed by atoms with Gasteiger partial charge in [0, 0.05) is 20.2 Å². The van der Waals surface area contributed by atoms with E-state index in [9.17, 15) is 13.2 Å². The smallest absolute Gasteiger partial charge is 0.283 e.